The van der Waals surface area contributed by atoms with E-state index < -0.39 is 0 Å². The first kappa shape index (κ1) is 29.9. The van der Waals surface area contributed by atoms with Crippen LogP contribution < -0.4 is 0 Å². The maximum absolute atomic E-state index is 5.41. The highest BCUT2D eigenvalue weighted by Gasteiger charge is 2.31. The van der Waals surface area contributed by atoms with Gasteiger partial charge in [0.25, 0.3) is 0 Å². The van der Waals surface area contributed by atoms with Gasteiger partial charge in [0.2, 0.25) is 5.78 Å². The number of hydrogen-bond acceptors (Lipinski definition) is 1. The van der Waals surface area contributed by atoms with E-state index in [1.54, 1.807) is 0 Å². The van der Waals surface area contributed by atoms with Crippen molar-refractivity contribution in [1.82, 2.24) is 14.0 Å². The first-order valence-electron chi connectivity index (χ1n) is 17.7. The van der Waals surface area contributed by atoms with Crippen LogP contribution in [0.15, 0.2) is 200 Å². The summed E-state index contributed by atoms with van der Waals surface area (Å²) >= 11 is 0. The highest BCUT2D eigenvalue weighted by molar-refractivity contribution is 6.13. The van der Waals surface area contributed by atoms with E-state index in [1.165, 1.54) is 16.7 Å². The molecule has 8 aromatic carbocycles. The maximum Gasteiger partial charge on any atom is 0.220 e. The molecule has 0 bridgehead atoms. The van der Waals surface area contributed by atoms with Gasteiger partial charge in [-0.3, -0.25) is 8.97 Å². The molecule has 10 aromatic rings. The quantitative estimate of drug-likeness (QED) is 0.174. The predicted octanol–water partition coefficient (Wildman–Crippen LogP) is 12.8. The van der Waals surface area contributed by atoms with E-state index in [4.69, 9.17) is 4.98 Å². The zero-order valence-electron chi connectivity index (χ0n) is 28.4. The molecule has 2 aromatic heterocycles. The molecular weight excluding hydrogens is 631 g/mol. The summed E-state index contributed by atoms with van der Waals surface area (Å²) in [5.74, 6) is 0.877. The van der Waals surface area contributed by atoms with Crippen molar-refractivity contribution in [3.63, 3.8) is 0 Å². The van der Waals surface area contributed by atoms with E-state index in [9.17, 15) is 0 Å². The highest BCUT2D eigenvalue weighted by Crippen LogP contribution is 2.55. The summed E-state index contributed by atoms with van der Waals surface area (Å²) in [6.07, 6.45) is 0. The number of fused-ring (bicyclic) bond motifs is 5. The highest BCUT2D eigenvalue weighted by atomic mass is 15.2. The molecule has 0 radical (unpaired) electrons. The molecule has 0 aliphatic rings. The Balaban J connectivity index is 1.55. The van der Waals surface area contributed by atoms with Gasteiger partial charge < -0.3 is 0 Å². The summed E-state index contributed by atoms with van der Waals surface area (Å²) in [5, 5.41) is 0. The van der Waals surface area contributed by atoms with Gasteiger partial charge in [-0.05, 0) is 57.6 Å². The van der Waals surface area contributed by atoms with Crippen molar-refractivity contribution in [2.24, 2.45) is 0 Å². The van der Waals surface area contributed by atoms with Crippen LogP contribution in [0.5, 0.6) is 0 Å². The first-order chi connectivity index (χ1) is 25.9. The summed E-state index contributed by atoms with van der Waals surface area (Å²) < 4.78 is 4.75. The van der Waals surface area contributed by atoms with E-state index in [-0.39, 0.29) is 0 Å². The van der Waals surface area contributed by atoms with Crippen molar-refractivity contribution in [3.05, 3.63) is 200 Å². The van der Waals surface area contributed by atoms with Crippen LogP contribution in [0.2, 0.25) is 0 Å². The molecule has 0 aliphatic heterocycles. The molecule has 244 valence electrons. The molecule has 0 unspecified atom stereocenters. The minimum Gasteiger partial charge on any atom is -0.277 e. The number of para-hydroxylation sites is 4. The third-order valence-corrected chi connectivity index (χ3v) is 10.1. The van der Waals surface area contributed by atoms with E-state index >= 15 is 0 Å². The lowest BCUT2D eigenvalue weighted by Gasteiger charge is -2.29. The van der Waals surface area contributed by atoms with Crippen LogP contribution in [0.1, 0.15) is 0 Å². The van der Waals surface area contributed by atoms with Crippen molar-refractivity contribution >= 4 is 27.8 Å². The number of imidazole rings is 2. The van der Waals surface area contributed by atoms with E-state index in [0.717, 1.165) is 72.5 Å². The lowest BCUT2D eigenvalue weighted by Crippen LogP contribution is -2.07. The molecule has 0 atom stereocenters. The molecular formula is C49H33N3. The summed E-state index contributed by atoms with van der Waals surface area (Å²) in [6.45, 7) is 0. The average molecular weight is 664 g/mol. The van der Waals surface area contributed by atoms with Gasteiger partial charge in [-0.15, -0.1) is 0 Å². The summed E-state index contributed by atoms with van der Waals surface area (Å²) in [5.41, 5.74) is 16.9. The Bertz CT molecular complexity index is 2750. The van der Waals surface area contributed by atoms with Gasteiger partial charge in [-0.25, -0.2) is 4.98 Å². The van der Waals surface area contributed by atoms with Gasteiger partial charge in [0.1, 0.15) is 0 Å². The van der Waals surface area contributed by atoms with E-state index in [1.807, 2.05) is 0 Å². The van der Waals surface area contributed by atoms with Crippen LogP contribution in [0.3, 0.4) is 0 Å². The number of rotatable bonds is 6. The number of nitrogens with zero attached hydrogens (tertiary/aromatic N) is 3. The van der Waals surface area contributed by atoms with Gasteiger partial charge in [-0.1, -0.05) is 176 Å². The Hall–Kier alpha value is -6.97. The Morgan fingerprint density at radius 1 is 0.288 bits per heavy atom. The molecule has 0 spiro atoms. The molecule has 0 saturated carbocycles. The van der Waals surface area contributed by atoms with Crippen molar-refractivity contribution < 1.29 is 0 Å². The number of hydrogen-bond donors (Lipinski definition) is 0. The molecule has 0 aliphatic carbocycles. The van der Waals surface area contributed by atoms with Crippen LogP contribution >= 0.6 is 0 Å². The van der Waals surface area contributed by atoms with E-state index in [2.05, 4.69) is 209 Å². The molecule has 3 nitrogen and oxygen atoms in total. The monoisotopic (exact) mass is 663 g/mol. The maximum atomic E-state index is 5.41. The zero-order chi connectivity index (χ0) is 34.4. The molecule has 10 rings (SSSR count). The van der Waals surface area contributed by atoms with Gasteiger partial charge in [0.05, 0.1) is 27.8 Å². The molecule has 0 saturated heterocycles. The summed E-state index contributed by atoms with van der Waals surface area (Å²) in [6, 6.07) is 71.7. The lowest BCUT2D eigenvalue weighted by molar-refractivity contribution is 1.11. The Labute approximate surface area is 302 Å². The Kier molecular flexibility index (Phi) is 7.14. The summed E-state index contributed by atoms with van der Waals surface area (Å²) in [7, 11) is 0. The molecule has 3 heteroatoms. The number of aromatic nitrogens is 3. The molecule has 0 amide bonds. The Morgan fingerprint density at radius 3 is 1.06 bits per heavy atom. The third kappa shape index (κ3) is 4.71. The standard InChI is InChI=1S/C49H33N3/c1-6-20-34(21-7-1)43-44(35-22-8-2-9-23-35)46(37-26-12-4-13-27-37)48(47(38-28-14-5-15-29-38)45(43)36-24-10-3-11-25-36)52-42-33-19-18-32-41(42)51-40-31-17-16-30-39(40)50-49(51)52/h1-33H. The van der Waals surface area contributed by atoms with Crippen molar-refractivity contribution in [3.8, 4) is 61.3 Å². The second-order valence-corrected chi connectivity index (χ2v) is 13.1. The first-order valence-corrected chi connectivity index (χ1v) is 17.7. The molecule has 0 fully saturated rings. The fourth-order valence-electron chi connectivity index (χ4n) is 7.98. The van der Waals surface area contributed by atoms with Crippen LogP contribution in [0, 0.1) is 0 Å². The van der Waals surface area contributed by atoms with Crippen LogP contribution in [0.25, 0.3) is 89.2 Å². The summed E-state index contributed by atoms with van der Waals surface area (Å²) in [4.78, 5) is 5.41. The van der Waals surface area contributed by atoms with Crippen molar-refractivity contribution in [1.29, 1.82) is 0 Å². The fourth-order valence-corrected chi connectivity index (χ4v) is 7.98. The predicted molar refractivity (Wildman–Crippen MR) is 217 cm³/mol. The van der Waals surface area contributed by atoms with Gasteiger partial charge >= 0.3 is 0 Å². The minimum absolute atomic E-state index is 0.877. The molecule has 52 heavy (non-hydrogen) atoms. The normalized spacial score (nSPS) is 11.5. The zero-order valence-corrected chi connectivity index (χ0v) is 28.4. The fraction of sp³-hybridized carbons (Fsp3) is 0. The minimum atomic E-state index is 0.877. The second-order valence-electron chi connectivity index (χ2n) is 13.1. The lowest BCUT2D eigenvalue weighted by atomic mass is 9.77. The van der Waals surface area contributed by atoms with Gasteiger partial charge in [-0.2, -0.15) is 0 Å². The number of benzene rings is 8. The van der Waals surface area contributed by atoms with Crippen LogP contribution in [0.4, 0.5) is 0 Å². The van der Waals surface area contributed by atoms with Crippen molar-refractivity contribution in [2.45, 2.75) is 0 Å². The third-order valence-electron chi connectivity index (χ3n) is 10.1. The SMILES string of the molecule is c1ccc(-c2c(-c3ccccc3)c(-c3ccccc3)c(-n3c4ccccc4n4c5ccccc5nc34)c(-c3ccccc3)c2-c2ccccc2)cc1. The Morgan fingerprint density at radius 2 is 0.615 bits per heavy atom. The van der Waals surface area contributed by atoms with Gasteiger partial charge in [0, 0.05) is 22.3 Å². The molecule has 2 heterocycles. The second kappa shape index (κ2) is 12.4. The smallest absolute Gasteiger partial charge is 0.220 e. The largest absolute Gasteiger partial charge is 0.277 e. The van der Waals surface area contributed by atoms with Crippen LogP contribution in [-0.4, -0.2) is 14.0 Å². The average Bonchev–Trinajstić information content (AvgIpc) is 3.76. The topological polar surface area (TPSA) is 22.2 Å². The van der Waals surface area contributed by atoms with Crippen LogP contribution in [-0.2, 0) is 0 Å². The molecule has 0 N–H and O–H groups in total. The van der Waals surface area contributed by atoms with Crippen molar-refractivity contribution in [2.75, 3.05) is 0 Å². The van der Waals surface area contributed by atoms with Gasteiger partial charge in [0.15, 0.2) is 0 Å². The van der Waals surface area contributed by atoms with E-state index in [0.29, 0.717) is 0 Å².